The molecule has 0 atom stereocenters. The summed E-state index contributed by atoms with van der Waals surface area (Å²) in [6.07, 6.45) is 0. The molecular weight excluding hydrogens is 1350 g/mol. The third kappa shape index (κ3) is 12.8. The van der Waals surface area contributed by atoms with Crippen molar-refractivity contribution < 1.29 is 50.5 Å². The van der Waals surface area contributed by atoms with Gasteiger partial charge >= 0.3 is 0 Å². The Morgan fingerprint density at radius 3 is 0.722 bits per heavy atom. The zero-order valence-electron chi connectivity index (χ0n) is 53.7. The molecular formula is C72H69N7O12S6. The number of benzene rings is 12. The number of sulfonamides is 6. The van der Waals surface area contributed by atoms with Crippen LogP contribution in [0.1, 0.15) is 0 Å². The molecule has 12 rings (SSSR count). The first kappa shape index (κ1) is 68.1. The third-order valence-electron chi connectivity index (χ3n) is 17.3. The summed E-state index contributed by atoms with van der Waals surface area (Å²) in [6.45, 7) is -5.13. The first-order chi connectivity index (χ1) is 46.1. The summed E-state index contributed by atoms with van der Waals surface area (Å²) in [5.41, 5.74) is 1.85. The van der Waals surface area contributed by atoms with Gasteiger partial charge in [-0.1, -0.05) is 175 Å². The Morgan fingerprint density at radius 2 is 0.464 bits per heavy atom. The zero-order chi connectivity index (χ0) is 69.0. The fourth-order valence-corrected chi connectivity index (χ4v) is 24.0. The Bertz CT molecular complexity index is 5260. The molecule has 0 aliphatic carbocycles. The average Bonchev–Trinajstić information content (AvgIpc) is 0.755. The first-order valence-corrected chi connectivity index (χ1v) is 39.4. The Morgan fingerprint density at radius 1 is 0.227 bits per heavy atom. The summed E-state index contributed by atoms with van der Waals surface area (Å²) in [6, 6.07) is 61.3. The maximum Gasteiger partial charge on any atom is 0.257 e. The van der Waals surface area contributed by atoms with E-state index in [4.69, 9.17) is 0 Å². The van der Waals surface area contributed by atoms with E-state index in [1.54, 1.807) is 203 Å². The summed E-state index contributed by atoms with van der Waals surface area (Å²) in [5.74, 6) is 0. The monoisotopic (exact) mass is 1420 g/mol. The molecule has 0 fully saturated rings. The maximum atomic E-state index is 15.9. The van der Waals surface area contributed by atoms with Crippen LogP contribution in [-0.4, -0.2) is 148 Å². The fourth-order valence-electron chi connectivity index (χ4n) is 12.4. The van der Waals surface area contributed by atoms with Gasteiger partial charge in [-0.15, -0.1) is 0 Å². The lowest BCUT2D eigenvalue weighted by Crippen LogP contribution is -2.48. The molecule has 12 aromatic carbocycles. The van der Waals surface area contributed by atoms with Crippen molar-refractivity contribution in [1.82, 2.24) is 16.0 Å². The van der Waals surface area contributed by atoms with Crippen molar-refractivity contribution in [1.29, 1.82) is 0 Å². The van der Waals surface area contributed by atoms with Crippen LogP contribution >= 0.6 is 0 Å². The highest BCUT2D eigenvalue weighted by Crippen LogP contribution is 2.39. The lowest BCUT2D eigenvalue weighted by molar-refractivity contribution is 0.254. The highest BCUT2D eigenvalue weighted by molar-refractivity contribution is 8.05. The van der Waals surface area contributed by atoms with Gasteiger partial charge in [-0.2, -0.15) is 0 Å². The number of hydrogen-bond donors (Lipinski definition) is 0. The van der Waals surface area contributed by atoms with Crippen LogP contribution in [0.25, 0.3) is 64.6 Å². The van der Waals surface area contributed by atoms with Crippen molar-refractivity contribution >= 4 is 142 Å². The maximum absolute atomic E-state index is 15.9. The molecule has 0 unspecified atom stereocenters. The second-order valence-corrected chi connectivity index (χ2v) is 35.7. The number of rotatable bonds is 24. The molecule has 19 nitrogen and oxygen atoms in total. The van der Waals surface area contributed by atoms with Gasteiger partial charge in [0, 0.05) is 131 Å². The lowest BCUT2D eigenvalue weighted by atomic mass is 10.1. The first-order valence-electron chi connectivity index (χ1n) is 30.7. The van der Waals surface area contributed by atoms with E-state index in [1.165, 1.54) is 95.9 Å². The van der Waals surface area contributed by atoms with E-state index in [-0.39, 0.29) is 16.2 Å². The highest BCUT2D eigenvalue weighted by atomic mass is 32.3. The third-order valence-corrected chi connectivity index (χ3v) is 30.4. The Kier molecular flexibility index (Phi) is 18.6. The zero-order valence-corrected chi connectivity index (χ0v) is 58.6. The van der Waals surface area contributed by atoms with Crippen LogP contribution in [0.5, 0.6) is 0 Å². The molecule has 0 amide bonds. The van der Waals surface area contributed by atoms with Crippen molar-refractivity contribution in [2.45, 2.75) is 29.4 Å². The van der Waals surface area contributed by atoms with E-state index in [9.17, 15) is 0 Å². The molecule has 0 N–H and O–H groups in total. The van der Waals surface area contributed by atoms with Gasteiger partial charge in [-0.3, -0.25) is 4.90 Å². The molecule has 0 saturated carbocycles. The van der Waals surface area contributed by atoms with Crippen molar-refractivity contribution in [3.05, 3.63) is 237 Å². The van der Waals surface area contributed by atoms with Crippen LogP contribution in [0.2, 0.25) is 0 Å². The second kappa shape index (κ2) is 26.5. The minimum atomic E-state index is -5.23. The van der Waals surface area contributed by atoms with E-state index >= 15 is 50.5 Å². The summed E-state index contributed by atoms with van der Waals surface area (Å²) >= 11 is 0. The standard InChI is InChI=1S/C72H69N7O12S6/c1-73(2)67-31-13-28-64-61(67)25-16-34-70(64)95(86,87)77(92(80,81)58-40-37-52-19-7-10-22-55(52)49-58)46-43-76(44-47-78(93(82,83)59-41-38-53-20-8-11-23-56(53)50-59)96(88,89)71-35-17-26-62-65(71)29-14-32-68(62)74(3)4)45-48-79(94(84,85)60-42-39-54-21-9-12-24-57(54)51-60)97(90,91)72-36-18-27-63-66(72)30-15-33-69(63)75(5)6/h7-42,49-51H,43-48H2,1-6H3. The molecule has 0 bridgehead atoms. The molecule has 25 heteroatoms. The summed E-state index contributed by atoms with van der Waals surface area (Å²) in [4.78, 5) is 4.12. The Balaban J connectivity index is 1.04. The average molecular weight is 1420 g/mol. The number of nitrogens with zero attached hydrogens (tertiary/aromatic N) is 7. The van der Waals surface area contributed by atoms with Gasteiger partial charge in [-0.05, 0) is 105 Å². The Labute approximate surface area is 566 Å². The molecule has 12 aromatic rings. The molecule has 0 aliphatic heterocycles. The largest absolute Gasteiger partial charge is 0.377 e. The molecule has 0 aliphatic rings. The minimum Gasteiger partial charge on any atom is -0.377 e. The van der Waals surface area contributed by atoms with E-state index in [2.05, 4.69) is 0 Å². The van der Waals surface area contributed by atoms with Crippen LogP contribution in [0.4, 0.5) is 17.1 Å². The Hall–Kier alpha value is -8.86. The topological polar surface area (TPSA) is 228 Å². The van der Waals surface area contributed by atoms with Gasteiger partial charge in [0.15, 0.2) is 0 Å². The predicted octanol–water partition coefficient (Wildman–Crippen LogP) is 11.6. The summed E-state index contributed by atoms with van der Waals surface area (Å²) < 4.78 is 191. The van der Waals surface area contributed by atoms with E-state index in [0.717, 1.165) is 0 Å². The smallest absolute Gasteiger partial charge is 0.257 e. The molecule has 97 heavy (non-hydrogen) atoms. The normalized spacial score (nSPS) is 12.9. The van der Waals surface area contributed by atoms with Gasteiger partial charge in [0.25, 0.3) is 60.1 Å². The van der Waals surface area contributed by atoms with Crippen molar-refractivity contribution in [2.75, 3.05) is 96.3 Å². The van der Waals surface area contributed by atoms with Gasteiger partial charge < -0.3 is 14.7 Å². The molecule has 500 valence electrons. The van der Waals surface area contributed by atoms with Crippen LogP contribution in [0, 0.1) is 0 Å². The van der Waals surface area contributed by atoms with Crippen molar-refractivity contribution in [3.8, 4) is 0 Å². The number of hydrogen-bond acceptors (Lipinski definition) is 16. The van der Waals surface area contributed by atoms with Crippen LogP contribution < -0.4 is 14.7 Å². The lowest BCUT2D eigenvalue weighted by Gasteiger charge is -2.31. The van der Waals surface area contributed by atoms with E-state index in [1.807, 2.05) is 0 Å². The molecule has 0 radical (unpaired) electrons. The van der Waals surface area contributed by atoms with E-state index in [0.29, 0.717) is 76.7 Å². The van der Waals surface area contributed by atoms with Crippen molar-refractivity contribution in [2.24, 2.45) is 0 Å². The number of anilines is 3. The SMILES string of the molecule is CN(C)c1cccc2c(S(=O)(=O)N(CCN(CCN(S(=O)(=O)c3ccc4ccccc4c3)S(=O)(=O)c3cccc4c(N(C)C)cccc34)CCN(S(=O)(=O)c3ccc4ccccc4c3)S(=O)(=O)c3cccc4c(N(C)C)cccc34)S(=O)(=O)c3ccc4ccccc4c3)cccc12. The second-order valence-electron chi connectivity index (χ2n) is 24.0. The minimum absolute atomic E-state index is 0.168. The van der Waals surface area contributed by atoms with Crippen LogP contribution in [0.15, 0.2) is 266 Å². The summed E-state index contributed by atoms with van der Waals surface area (Å²) in [5, 5.41) is 5.21. The quantitative estimate of drug-likeness (QED) is 0.0548. The van der Waals surface area contributed by atoms with Gasteiger partial charge in [-0.25, -0.2) is 50.5 Å². The molecule has 0 spiro atoms. The highest BCUT2D eigenvalue weighted by Gasteiger charge is 2.43. The van der Waals surface area contributed by atoms with E-state index < -0.39 is 129 Å². The van der Waals surface area contributed by atoms with Crippen molar-refractivity contribution in [3.63, 3.8) is 0 Å². The van der Waals surface area contributed by atoms with Gasteiger partial charge in [0.05, 0.1) is 29.4 Å². The van der Waals surface area contributed by atoms with Crippen LogP contribution in [-0.2, 0) is 60.1 Å². The molecule has 0 saturated heterocycles. The fraction of sp³-hybridized carbons (Fsp3) is 0.167. The molecule has 0 aromatic heterocycles. The predicted molar refractivity (Wildman–Crippen MR) is 386 cm³/mol. The van der Waals surface area contributed by atoms with Gasteiger partial charge in [0.2, 0.25) is 0 Å². The van der Waals surface area contributed by atoms with Crippen LogP contribution in [0.3, 0.4) is 0 Å². The molecule has 0 heterocycles. The summed E-state index contributed by atoms with van der Waals surface area (Å²) in [7, 11) is -20.6. The van der Waals surface area contributed by atoms with Gasteiger partial charge in [0.1, 0.15) is 0 Å². The number of fused-ring (bicyclic) bond motifs is 6.